The third-order valence-corrected chi connectivity index (χ3v) is 4.60. The molecule has 1 saturated heterocycles. The molecule has 1 heterocycles. The van der Waals surface area contributed by atoms with Gasteiger partial charge in [-0.3, -0.25) is 9.69 Å². The molecule has 0 aromatic heterocycles. The Bertz CT molecular complexity index is 481. The topological polar surface area (TPSA) is 32.3 Å². The zero-order chi connectivity index (χ0) is 15.4. The molecule has 21 heavy (non-hydrogen) atoms. The molecule has 1 amide bonds. The van der Waals surface area contributed by atoms with E-state index in [1.807, 2.05) is 31.2 Å². The molecule has 1 fully saturated rings. The Balaban J connectivity index is 1.89. The standard InChI is InChI=1S/C17H25ClN2O/c1-12-8-13(2)11-20(10-12)14(3)17(21)19-9-15-6-4-5-7-16(15)18/h4-7,12-14H,8-11H2,1-3H3,(H,19,21)/t12-,13+,14-/m0/s1. The summed E-state index contributed by atoms with van der Waals surface area (Å²) in [6.07, 6.45) is 1.25. The molecule has 0 bridgehead atoms. The van der Waals surface area contributed by atoms with Gasteiger partial charge in [-0.1, -0.05) is 43.6 Å². The number of amides is 1. The Morgan fingerprint density at radius 2 is 1.95 bits per heavy atom. The van der Waals surface area contributed by atoms with Crippen molar-refractivity contribution in [2.24, 2.45) is 11.8 Å². The van der Waals surface area contributed by atoms with Gasteiger partial charge in [0, 0.05) is 24.7 Å². The maximum absolute atomic E-state index is 12.3. The van der Waals surface area contributed by atoms with Crippen LogP contribution >= 0.6 is 11.6 Å². The Hall–Kier alpha value is -1.06. The maximum Gasteiger partial charge on any atom is 0.237 e. The normalized spacial score (nSPS) is 24.6. The van der Waals surface area contributed by atoms with Gasteiger partial charge in [0.1, 0.15) is 0 Å². The highest BCUT2D eigenvalue weighted by Crippen LogP contribution is 2.22. The zero-order valence-corrected chi connectivity index (χ0v) is 13.9. The van der Waals surface area contributed by atoms with Crippen LogP contribution in [-0.2, 0) is 11.3 Å². The van der Waals surface area contributed by atoms with Crippen molar-refractivity contribution in [1.82, 2.24) is 10.2 Å². The number of hydrogen-bond acceptors (Lipinski definition) is 2. The van der Waals surface area contributed by atoms with Gasteiger partial charge < -0.3 is 5.32 Å². The lowest BCUT2D eigenvalue weighted by atomic mass is 9.91. The quantitative estimate of drug-likeness (QED) is 0.925. The number of halogens is 1. The molecule has 3 atom stereocenters. The highest BCUT2D eigenvalue weighted by molar-refractivity contribution is 6.31. The first-order valence-corrected chi connectivity index (χ1v) is 8.10. The highest BCUT2D eigenvalue weighted by atomic mass is 35.5. The Kier molecular flexibility index (Phi) is 5.65. The van der Waals surface area contributed by atoms with Gasteiger partial charge in [0.05, 0.1) is 6.04 Å². The van der Waals surface area contributed by atoms with E-state index < -0.39 is 0 Å². The Morgan fingerprint density at radius 3 is 2.57 bits per heavy atom. The van der Waals surface area contributed by atoms with E-state index in [1.165, 1.54) is 6.42 Å². The fourth-order valence-electron chi connectivity index (χ4n) is 3.17. The average molecular weight is 309 g/mol. The van der Waals surface area contributed by atoms with Crippen LogP contribution in [0.25, 0.3) is 0 Å². The van der Waals surface area contributed by atoms with Crippen LogP contribution in [0.3, 0.4) is 0 Å². The molecule has 0 saturated carbocycles. The van der Waals surface area contributed by atoms with E-state index in [0.717, 1.165) is 18.7 Å². The van der Waals surface area contributed by atoms with Gasteiger partial charge in [0.25, 0.3) is 0 Å². The van der Waals surface area contributed by atoms with Gasteiger partial charge in [-0.05, 0) is 36.8 Å². The largest absolute Gasteiger partial charge is 0.351 e. The third kappa shape index (κ3) is 4.45. The molecule has 1 aliphatic heterocycles. The maximum atomic E-state index is 12.3. The number of piperidine rings is 1. The van der Waals surface area contributed by atoms with E-state index in [1.54, 1.807) is 0 Å². The van der Waals surface area contributed by atoms with Crippen molar-refractivity contribution in [3.8, 4) is 0 Å². The summed E-state index contributed by atoms with van der Waals surface area (Å²) in [5, 5.41) is 3.70. The number of hydrogen-bond donors (Lipinski definition) is 1. The average Bonchev–Trinajstić information content (AvgIpc) is 2.44. The van der Waals surface area contributed by atoms with Gasteiger partial charge >= 0.3 is 0 Å². The van der Waals surface area contributed by atoms with Gasteiger partial charge in [-0.2, -0.15) is 0 Å². The second-order valence-electron chi connectivity index (χ2n) is 6.39. The van der Waals surface area contributed by atoms with Crippen molar-refractivity contribution in [3.05, 3.63) is 34.9 Å². The van der Waals surface area contributed by atoms with Crippen LogP contribution in [0.1, 0.15) is 32.8 Å². The smallest absolute Gasteiger partial charge is 0.237 e. The number of nitrogens with zero attached hydrogens (tertiary/aromatic N) is 1. The van der Waals surface area contributed by atoms with Crippen LogP contribution in [0.5, 0.6) is 0 Å². The molecule has 1 aromatic rings. The summed E-state index contributed by atoms with van der Waals surface area (Å²) in [7, 11) is 0. The fourth-order valence-corrected chi connectivity index (χ4v) is 3.37. The second kappa shape index (κ2) is 7.28. The van der Waals surface area contributed by atoms with Crippen molar-refractivity contribution in [2.75, 3.05) is 13.1 Å². The number of nitrogens with one attached hydrogen (secondary N) is 1. The molecular weight excluding hydrogens is 284 g/mol. The van der Waals surface area contributed by atoms with Crippen molar-refractivity contribution in [1.29, 1.82) is 0 Å². The summed E-state index contributed by atoms with van der Waals surface area (Å²) in [4.78, 5) is 14.6. The minimum atomic E-state index is -0.0855. The van der Waals surface area contributed by atoms with E-state index in [4.69, 9.17) is 11.6 Å². The van der Waals surface area contributed by atoms with E-state index in [0.29, 0.717) is 23.4 Å². The monoisotopic (exact) mass is 308 g/mol. The van der Waals surface area contributed by atoms with Crippen molar-refractivity contribution >= 4 is 17.5 Å². The molecule has 1 aliphatic rings. The van der Waals surface area contributed by atoms with E-state index in [9.17, 15) is 4.79 Å². The molecular formula is C17H25ClN2O. The predicted octanol–water partition coefficient (Wildman–Crippen LogP) is 3.32. The lowest BCUT2D eigenvalue weighted by Gasteiger charge is -2.38. The minimum absolute atomic E-state index is 0.0798. The van der Waals surface area contributed by atoms with Crippen LogP contribution in [0.4, 0.5) is 0 Å². The summed E-state index contributed by atoms with van der Waals surface area (Å²) >= 11 is 6.11. The summed E-state index contributed by atoms with van der Waals surface area (Å²) < 4.78 is 0. The molecule has 1 N–H and O–H groups in total. The van der Waals surface area contributed by atoms with Crippen LogP contribution in [0, 0.1) is 11.8 Å². The summed E-state index contributed by atoms with van der Waals surface area (Å²) in [6, 6.07) is 7.54. The van der Waals surface area contributed by atoms with E-state index >= 15 is 0 Å². The van der Waals surface area contributed by atoms with Crippen molar-refractivity contribution in [2.45, 2.75) is 39.8 Å². The molecule has 0 aliphatic carbocycles. The number of carbonyl (C=O) groups excluding carboxylic acids is 1. The molecule has 3 nitrogen and oxygen atoms in total. The van der Waals surface area contributed by atoms with Crippen LogP contribution in [-0.4, -0.2) is 29.9 Å². The number of rotatable bonds is 4. The fraction of sp³-hybridized carbons (Fsp3) is 0.588. The Morgan fingerprint density at radius 1 is 1.33 bits per heavy atom. The first kappa shape index (κ1) is 16.3. The predicted molar refractivity (Wildman–Crippen MR) is 87.3 cm³/mol. The van der Waals surface area contributed by atoms with Crippen molar-refractivity contribution in [3.63, 3.8) is 0 Å². The number of likely N-dealkylation sites (tertiary alicyclic amines) is 1. The summed E-state index contributed by atoms with van der Waals surface area (Å²) in [5.74, 6) is 1.40. The van der Waals surface area contributed by atoms with Crippen molar-refractivity contribution < 1.29 is 4.79 Å². The van der Waals surface area contributed by atoms with Crippen LogP contribution in [0.2, 0.25) is 5.02 Å². The van der Waals surface area contributed by atoms with E-state index in [-0.39, 0.29) is 11.9 Å². The first-order chi connectivity index (χ1) is 9.97. The first-order valence-electron chi connectivity index (χ1n) is 7.72. The lowest BCUT2D eigenvalue weighted by molar-refractivity contribution is -0.127. The van der Waals surface area contributed by atoms with Crippen LogP contribution in [0.15, 0.2) is 24.3 Å². The number of benzene rings is 1. The molecule has 0 spiro atoms. The molecule has 116 valence electrons. The van der Waals surface area contributed by atoms with Gasteiger partial charge in [-0.25, -0.2) is 0 Å². The Labute approximate surface area is 132 Å². The lowest BCUT2D eigenvalue weighted by Crippen LogP contribution is -2.50. The SMILES string of the molecule is C[C@@H]1C[C@H](C)CN([C@@H](C)C(=O)NCc2ccccc2Cl)C1. The molecule has 0 radical (unpaired) electrons. The summed E-state index contributed by atoms with van der Waals surface area (Å²) in [5.41, 5.74) is 0.958. The zero-order valence-electron chi connectivity index (χ0n) is 13.1. The van der Waals surface area contributed by atoms with Gasteiger partial charge in [0.2, 0.25) is 5.91 Å². The third-order valence-electron chi connectivity index (χ3n) is 4.24. The number of carbonyl (C=O) groups is 1. The summed E-state index contributed by atoms with van der Waals surface area (Å²) in [6.45, 7) is 9.01. The highest BCUT2D eigenvalue weighted by Gasteiger charge is 2.28. The minimum Gasteiger partial charge on any atom is -0.351 e. The molecule has 1 aromatic carbocycles. The molecule has 4 heteroatoms. The second-order valence-corrected chi connectivity index (χ2v) is 6.79. The molecule has 2 rings (SSSR count). The van der Waals surface area contributed by atoms with E-state index in [2.05, 4.69) is 24.1 Å². The van der Waals surface area contributed by atoms with Crippen LogP contribution < -0.4 is 5.32 Å². The van der Waals surface area contributed by atoms with Gasteiger partial charge in [0.15, 0.2) is 0 Å². The van der Waals surface area contributed by atoms with Gasteiger partial charge in [-0.15, -0.1) is 0 Å². The molecule has 0 unspecified atom stereocenters.